The van der Waals surface area contributed by atoms with E-state index in [4.69, 9.17) is 13.1 Å². The zero-order valence-electron chi connectivity index (χ0n) is 33.4. The molecule has 14 heteroatoms. The maximum atomic E-state index is 13.9. The maximum absolute atomic E-state index is 13.9. The van der Waals surface area contributed by atoms with Gasteiger partial charge < -0.3 is 23.3 Å². The van der Waals surface area contributed by atoms with Crippen LogP contribution in [0.1, 0.15) is 61.8 Å². The number of fused-ring (bicyclic) bond motifs is 2. The lowest BCUT2D eigenvalue weighted by molar-refractivity contribution is -0.264. The van der Waals surface area contributed by atoms with Crippen molar-refractivity contribution in [3.05, 3.63) is 164 Å². The average Bonchev–Trinajstić information content (AvgIpc) is 3.21. The molecule has 60 heavy (non-hydrogen) atoms. The lowest BCUT2D eigenvalue weighted by atomic mass is 9.69. The molecule has 0 bridgehead atoms. The Morgan fingerprint density at radius 2 is 1.32 bits per heavy atom. The quantitative estimate of drug-likeness (QED) is 0.0601. The Balaban J connectivity index is 1.32. The summed E-state index contributed by atoms with van der Waals surface area (Å²) in [4.78, 5) is 15.3. The summed E-state index contributed by atoms with van der Waals surface area (Å²) in [5.41, 5.74) is 3.48. The predicted molar refractivity (Wildman–Crippen MR) is 225 cm³/mol. The van der Waals surface area contributed by atoms with E-state index in [-0.39, 0.29) is 65.9 Å². The number of aromatic hydroxyl groups is 1. The van der Waals surface area contributed by atoms with Gasteiger partial charge in [0.1, 0.15) is 21.3 Å². The summed E-state index contributed by atoms with van der Waals surface area (Å²) in [6.07, 6.45) is 2.96. The average molecular weight is 843 g/mol. The van der Waals surface area contributed by atoms with Crippen LogP contribution in [0, 0.1) is 33.1 Å². The summed E-state index contributed by atoms with van der Waals surface area (Å²) < 4.78 is 72.7. The van der Waals surface area contributed by atoms with Crippen LogP contribution < -0.4 is 18.2 Å². The van der Waals surface area contributed by atoms with Crippen LogP contribution in [0.2, 0.25) is 0 Å². The fraction of sp³-hybridized carbons (Fsp3) is 0.152. The van der Waals surface area contributed by atoms with Crippen LogP contribution in [-0.2, 0) is 25.7 Å². The van der Waals surface area contributed by atoms with Crippen molar-refractivity contribution in [2.45, 2.75) is 49.8 Å². The molecule has 0 saturated heterocycles. The Hall–Kier alpha value is -6.95. The number of ketones is 1. The van der Waals surface area contributed by atoms with Crippen LogP contribution in [0.3, 0.4) is 0 Å². The van der Waals surface area contributed by atoms with Gasteiger partial charge in [-0.05, 0) is 115 Å². The number of ether oxygens (including phenoxy) is 1. The fourth-order valence-corrected chi connectivity index (χ4v) is 10.1. The van der Waals surface area contributed by atoms with Crippen LogP contribution in [0.25, 0.3) is 21.8 Å². The normalized spacial score (nSPS) is 13.7. The molecule has 1 N–H and O–H groups in total. The van der Waals surface area contributed by atoms with E-state index in [0.717, 1.165) is 5.56 Å². The highest BCUT2D eigenvalue weighted by Gasteiger charge is 2.36. The monoisotopic (exact) mass is 842 g/mol. The van der Waals surface area contributed by atoms with Gasteiger partial charge in [-0.15, -0.1) is 0 Å². The number of allylic oxidation sites excluding steroid dienone is 2. The Kier molecular flexibility index (Phi) is 10.3. The topological polar surface area (TPSA) is 184 Å². The molecule has 0 radical (unpaired) electrons. The van der Waals surface area contributed by atoms with Gasteiger partial charge >= 0.3 is 25.9 Å². The van der Waals surface area contributed by atoms with Gasteiger partial charge in [-0.2, -0.15) is 16.8 Å². The summed E-state index contributed by atoms with van der Waals surface area (Å²) in [6.45, 7) is 12.6. The third kappa shape index (κ3) is 6.91. The van der Waals surface area contributed by atoms with Crippen molar-refractivity contribution in [2.75, 3.05) is 7.11 Å². The molecular weight excluding hydrogens is 805 g/mol. The number of hydrogen-bond donors (Lipinski definition) is 1. The SMILES string of the molecule is C=C1C=Cc2c(cccc2S(=O)(=O)Oc2ccc(C(C)(c3cc(C)c(O)c(C)c3)c3cc(C)c(OS(=O)(=O)c4cccc5c([O-])c([N+]#N)ccc45)c(C)c3)cc2OC)C1=O. The third-order valence-corrected chi connectivity index (χ3v) is 13.5. The summed E-state index contributed by atoms with van der Waals surface area (Å²) in [5.74, 6) is -0.882. The number of hydrogen-bond acceptors (Lipinski definition) is 11. The Bertz CT molecular complexity index is 3100. The van der Waals surface area contributed by atoms with Gasteiger partial charge in [-0.3, -0.25) is 4.79 Å². The Morgan fingerprint density at radius 1 is 0.717 bits per heavy atom. The number of Topliss-reactive ketones (excluding diaryl/α,β-unsaturated/α-hetero) is 1. The van der Waals surface area contributed by atoms with Crippen molar-refractivity contribution in [1.82, 2.24) is 0 Å². The smallest absolute Gasteiger partial charge is 0.378 e. The fourth-order valence-electron chi connectivity index (χ4n) is 7.63. The minimum atomic E-state index is -4.51. The molecule has 0 spiro atoms. The molecule has 0 aliphatic heterocycles. The lowest BCUT2D eigenvalue weighted by Crippen LogP contribution is -2.26. The van der Waals surface area contributed by atoms with Crippen LogP contribution in [-0.4, -0.2) is 34.8 Å². The summed E-state index contributed by atoms with van der Waals surface area (Å²) in [7, 11) is -7.64. The molecule has 6 aromatic rings. The number of rotatable bonds is 10. The molecule has 0 aromatic heterocycles. The van der Waals surface area contributed by atoms with E-state index in [1.807, 2.05) is 19.1 Å². The first-order valence-electron chi connectivity index (χ1n) is 18.4. The van der Waals surface area contributed by atoms with E-state index in [1.54, 1.807) is 52.0 Å². The first kappa shape index (κ1) is 41.2. The molecule has 12 nitrogen and oxygen atoms in total. The molecule has 0 saturated carbocycles. The number of phenolic OH excluding ortho intramolecular Hbond substituents is 1. The van der Waals surface area contributed by atoms with Crippen molar-refractivity contribution in [1.29, 1.82) is 5.39 Å². The minimum absolute atomic E-state index is 0.0395. The molecule has 0 heterocycles. The molecule has 1 atom stereocenters. The highest BCUT2D eigenvalue weighted by molar-refractivity contribution is 7.87. The number of carbonyl (C=O) groups is 1. The van der Waals surface area contributed by atoms with Gasteiger partial charge in [-0.1, -0.05) is 73.3 Å². The Labute approximate surface area is 347 Å². The van der Waals surface area contributed by atoms with Crippen LogP contribution >= 0.6 is 0 Å². The third-order valence-electron chi connectivity index (χ3n) is 10.9. The first-order chi connectivity index (χ1) is 28.3. The van der Waals surface area contributed by atoms with Crippen molar-refractivity contribution in [3.8, 4) is 28.7 Å². The molecule has 0 amide bonds. The number of methoxy groups -OCH3 is 1. The molecule has 1 unspecified atom stereocenters. The number of nitrogens with zero attached hydrogens (tertiary/aromatic N) is 2. The Morgan fingerprint density at radius 3 is 1.95 bits per heavy atom. The van der Waals surface area contributed by atoms with Gasteiger partial charge in [-0.25, -0.2) is 0 Å². The highest BCUT2D eigenvalue weighted by atomic mass is 32.2. The van der Waals surface area contributed by atoms with Gasteiger partial charge in [0.2, 0.25) is 5.39 Å². The summed E-state index contributed by atoms with van der Waals surface area (Å²) in [6, 6.07) is 23.2. The second kappa shape index (κ2) is 15.0. The van der Waals surface area contributed by atoms with Crippen LogP contribution in [0.4, 0.5) is 5.69 Å². The van der Waals surface area contributed by atoms with E-state index >= 15 is 0 Å². The standard InChI is InChI=1S/C46H38N2O10S2/c1-25-14-16-33-35(43(25)50)10-8-12-40(33)59(52,53)57-38-19-15-30(24-39(38)56-7)46(6,31-20-26(2)42(49)27(3)21-31)32-22-28(4)45(29(5)23-32)58-60(54,55)41-13-9-11-36-34(41)17-18-37(48-47)44(36)51/h8-24H,1H2,2-7H3,(H-,49,51). The largest absolute Gasteiger partial charge is 0.867 e. The first-order valence-corrected chi connectivity index (χ1v) is 21.3. The molecule has 1 aliphatic rings. The summed E-state index contributed by atoms with van der Waals surface area (Å²) in [5, 5.41) is 32.9. The van der Waals surface area contributed by atoms with Gasteiger partial charge in [0.05, 0.1) is 7.11 Å². The minimum Gasteiger partial charge on any atom is -0.867 e. The maximum Gasteiger partial charge on any atom is 0.378 e. The van der Waals surface area contributed by atoms with Gasteiger partial charge in [0.15, 0.2) is 22.3 Å². The van der Waals surface area contributed by atoms with E-state index in [1.165, 1.54) is 73.9 Å². The van der Waals surface area contributed by atoms with Crippen molar-refractivity contribution in [2.24, 2.45) is 0 Å². The predicted octanol–water partition coefficient (Wildman–Crippen LogP) is 9.00. The van der Waals surface area contributed by atoms with Crippen molar-refractivity contribution < 1.29 is 44.9 Å². The zero-order chi connectivity index (χ0) is 43.5. The van der Waals surface area contributed by atoms with Gasteiger partial charge in [0.25, 0.3) is 0 Å². The number of aryl methyl sites for hydroxylation is 4. The number of diazo groups is 1. The van der Waals surface area contributed by atoms with Crippen molar-refractivity contribution >= 4 is 48.6 Å². The van der Waals surface area contributed by atoms with E-state index in [9.17, 15) is 37.2 Å². The number of carbonyl (C=O) groups excluding carboxylic acids is 1. The molecule has 0 fully saturated rings. The lowest BCUT2D eigenvalue weighted by Gasteiger charge is -2.34. The van der Waals surface area contributed by atoms with Crippen LogP contribution in [0.5, 0.6) is 28.7 Å². The second-order valence-electron chi connectivity index (χ2n) is 14.7. The van der Waals surface area contributed by atoms with Crippen molar-refractivity contribution in [3.63, 3.8) is 0 Å². The number of phenols is 1. The highest BCUT2D eigenvalue weighted by Crippen LogP contribution is 2.46. The second-order valence-corrected chi connectivity index (χ2v) is 17.8. The molecule has 7 rings (SSSR count). The van der Waals surface area contributed by atoms with E-state index in [0.29, 0.717) is 33.4 Å². The van der Waals surface area contributed by atoms with Crippen LogP contribution in [0.15, 0.2) is 119 Å². The molecular formula is C46H38N2O10S2. The summed E-state index contributed by atoms with van der Waals surface area (Å²) >= 11 is 0. The number of benzene rings is 6. The van der Waals surface area contributed by atoms with E-state index < -0.39 is 37.2 Å². The molecule has 304 valence electrons. The van der Waals surface area contributed by atoms with Gasteiger partial charge in [0, 0.05) is 33.6 Å². The van der Waals surface area contributed by atoms with E-state index in [2.05, 4.69) is 11.6 Å². The molecule has 6 aromatic carbocycles. The zero-order valence-corrected chi connectivity index (χ0v) is 35.0. The molecule has 1 aliphatic carbocycles.